The van der Waals surface area contributed by atoms with Gasteiger partial charge in [-0.3, -0.25) is 4.68 Å². The molecule has 0 aliphatic carbocycles. The highest BCUT2D eigenvalue weighted by Crippen LogP contribution is 2.26. The number of fused-ring (bicyclic) bond motifs is 1. The molecule has 0 radical (unpaired) electrons. The van der Waals surface area contributed by atoms with Crippen molar-refractivity contribution in [2.75, 3.05) is 0 Å². The van der Waals surface area contributed by atoms with E-state index >= 15 is 0 Å². The number of halogens is 1. The lowest BCUT2D eigenvalue weighted by molar-refractivity contribution is 0.551. The van der Waals surface area contributed by atoms with Crippen molar-refractivity contribution in [2.45, 2.75) is 19.9 Å². The molecule has 0 bridgehead atoms. The van der Waals surface area contributed by atoms with Gasteiger partial charge in [-0.1, -0.05) is 11.6 Å². The van der Waals surface area contributed by atoms with Crippen LogP contribution in [-0.2, 0) is 0 Å². The molecule has 0 saturated heterocycles. The number of nitriles is 1. The first-order valence-electron chi connectivity index (χ1n) is 4.71. The van der Waals surface area contributed by atoms with Gasteiger partial charge in [0, 0.05) is 11.4 Å². The van der Waals surface area contributed by atoms with Crippen molar-refractivity contribution in [3.63, 3.8) is 0 Å². The molecule has 0 unspecified atom stereocenters. The van der Waals surface area contributed by atoms with Crippen molar-refractivity contribution in [3.8, 4) is 6.07 Å². The van der Waals surface area contributed by atoms with Crippen molar-refractivity contribution >= 4 is 22.5 Å². The smallest absolute Gasteiger partial charge is 0.158 e. The zero-order valence-electron chi connectivity index (χ0n) is 8.53. The summed E-state index contributed by atoms with van der Waals surface area (Å²) in [6, 6.07) is 7.77. The zero-order valence-corrected chi connectivity index (χ0v) is 9.28. The Morgan fingerprint density at radius 1 is 1.47 bits per heavy atom. The van der Waals surface area contributed by atoms with Gasteiger partial charge in [-0.15, -0.1) is 0 Å². The van der Waals surface area contributed by atoms with E-state index in [1.165, 1.54) is 0 Å². The van der Waals surface area contributed by atoms with Crippen molar-refractivity contribution in [3.05, 3.63) is 28.9 Å². The maximum atomic E-state index is 8.78. The Morgan fingerprint density at radius 2 is 2.20 bits per heavy atom. The van der Waals surface area contributed by atoms with E-state index in [1.54, 1.807) is 12.1 Å². The summed E-state index contributed by atoms with van der Waals surface area (Å²) < 4.78 is 1.86. The molecule has 1 aromatic carbocycles. The lowest BCUT2D eigenvalue weighted by Gasteiger charge is -2.06. The van der Waals surface area contributed by atoms with E-state index in [4.69, 9.17) is 16.9 Å². The van der Waals surface area contributed by atoms with Crippen molar-refractivity contribution in [1.29, 1.82) is 5.26 Å². The first-order chi connectivity index (χ1) is 7.13. The van der Waals surface area contributed by atoms with Crippen LogP contribution in [0.5, 0.6) is 0 Å². The minimum Gasteiger partial charge on any atom is -0.261 e. The summed E-state index contributed by atoms with van der Waals surface area (Å²) in [7, 11) is 0. The van der Waals surface area contributed by atoms with Gasteiger partial charge in [-0.25, -0.2) is 0 Å². The average Bonchev–Trinajstić information content (AvgIpc) is 2.56. The molecule has 0 fully saturated rings. The molecule has 0 aliphatic heterocycles. The van der Waals surface area contributed by atoms with Gasteiger partial charge in [-0.05, 0) is 32.0 Å². The summed E-state index contributed by atoms with van der Waals surface area (Å²) in [6.07, 6.45) is 0. The summed E-state index contributed by atoms with van der Waals surface area (Å²) >= 11 is 6.01. The first-order valence-corrected chi connectivity index (χ1v) is 5.09. The molecule has 2 rings (SSSR count). The Hall–Kier alpha value is -1.53. The highest BCUT2D eigenvalue weighted by atomic mass is 35.5. The van der Waals surface area contributed by atoms with Crippen LogP contribution in [0.2, 0.25) is 5.15 Å². The number of benzene rings is 1. The zero-order chi connectivity index (χ0) is 11.0. The minimum atomic E-state index is 0.257. The number of hydrogen-bond acceptors (Lipinski definition) is 2. The number of hydrogen-bond donors (Lipinski definition) is 0. The molecular formula is C11H10ClN3. The van der Waals surface area contributed by atoms with E-state index < -0.39 is 0 Å². The third-order valence-electron chi connectivity index (χ3n) is 2.28. The molecular weight excluding hydrogens is 210 g/mol. The predicted molar refractivity (Wildman–Crippen MR) is 59.8 cm³/mol. The van der Waals surface area contributed by atoms with E-state index in [9.17, 15) is 0 Å². The van der Waals surface area contributed by atoms with Crippen LogP contribution in [0, 0.1) is 11.3 Å². The van der Waals surface area contributed by atoms with E-state index in [0.29, 0.717) is 10.7 Å². The molecule has 1 heterocycles. The molecule has 0 spiro atoms. The first kappa shape index (κ1) is 10.0. The fourth-order valence-electron chi connectivity index (χ4n) is 1.57. The Kier molecular flexibility index (Phi) is 2.37. The van der Waals surface area contributed by atoms with Crippen LogP contribution in [0.15, 0.2) is 18.2 Å². The summed E-state index contributed by atoms with van der Waals surface area (Å²) in [5, 5.41) is 14.3. The molecule has 15 heavy (non-hydrogen) atoms. The second-order valence-electron chi connectivity index (χ2n) is 3.67. The van der Waals surface area contributed by atoms with Gasteiger partial charge in [0.15, 0.2) is 5.15 Å². The van der Waals surface area contributed by atoms with Gasteiger partial charge >= 0.3 is 0 Å². The maximum absolute atomic E-state index is 8.78. The second kappa shape index (κ2) is 3.56. The molecule has 0 amide bonds. The lowest BCUT2D eigenvalue weighted by Crippen LogP contribution is -2.01. The van der Waals surface area contributed by atoms with Gasteiger partial charge in [-0.2, -0.15) is 10.4 Å². The van der Waals surface area contributed by atoms with Gasteiger partial charge in [0.25, 0.3) is 0 Å². The number of rotatable bonds is 1. The summed E-state index contributed by atoms with van der Waals surface area (Å²) in [5.41, 5.74) is 1.57. The summed E-state index contributed by atoms with van der Waals surface area (Å²) in [4.78, 5) is 0. The van der Waals surface area contributed by atoms with Crippen LogP contribution in [0.1, 0.15) is 25.5 Å². The highest BCUT2D eigenvalue weighted by Gasteiger charge is 2.11. The molecule has 0 aliphatic rings. The molecule has 0 N–H and O–H groups in total. The van der Waals surface area contributed by atoms with Crippen LogP contribution in [-0.4, -0.2) is 9.78 Å². The fraction of sp³-hybridized carbons (Fsp3) is 0.273. The summed E-state index contributed by atoms with van der Waals surface area (Å²) in [5.74, 6) is 0. The minimum absolute atomic E-state index is 0.257. The fourth-order valence-corrected chi connectivity index (χ4v) is 1.80. The van der Waals surface area contributed by atoms with Gasteiger partial charge in [0.2, 0.25) is 0 Å². The van der Waals surface area contributed by atoms with Crippen molar-refractivity contribution in [1.82, 2.24) is 9.78 Å². The standard InChI is InChI=1S/C11H10ClN3/c1-7(2)15-10-4-3-8(6-13)5-9(10)11(12)14-15/h3-5,7H,1-2H3. The van der Waals surface area contributed by atoms with Gasteiger partial charge in [0.1, 0.15) is 0 Å². The van der Waals surface area contributed by atoms with Crippen molar-refractivity contribution < 1.29 is 0 Å². The molecule has 0 saturated carbocycles. The molecule has 2 aromatic rings. The molecule has 3 nitrogen and oxygen atoms in total. The monoisotopic (exact) mass is 219 g/mol. The Bertz CT molecular complexity index is 549. The predicted octanol–water partition coefficient (Wildman–Crippen LogP) is 3.14. The number of nitrogens with zero attached hydrogens (tertiary/aromatic N) is 3. The van der Waals surface area contributed by atoms with Crippen molar-refractivity contribution in [2.24, 2.45) is 0 Å². The second-order valence-corrected chi connectivity index (χ2v) is 4.03. The number of aromatic nitrogens is 2. The highest BCUT2D eigenvalue weighted by molar-refractivity contribution is 6.34. The average molecular weight is 220 g/mol. The molecule has 0 atom stereocenters. The van der Waals surface area contributed by atoms with Crippen LogP contribution >= 0.6 is 11.6 Å². The Balaban J connectivity index is 2.76. The third-order valence-corrected chi connectivity index (χ3v) is 2.56. The maximum Gasteiger partial charge on any atom is 0.158 e. The Labute approximate surface area is 92.9 Å². The molecule has 4 heteroatoms. The van der Waals surface area contributed by atoms with Gasteiger partial charge in [0.05, 0.1) is 17.1 Å². The molecule has 1 aromatic heterocycles. The van der Waals surface area contributed by atoms with Crippen LogP contribution < -0.4 is 0 Å². The Morgan fingerprint density at radius 3 is 2.80 bits per heavy atom. The van der Waals surface area contributed by atoms with Gasteiger partial charge < -0.3 is 0 Å². The largest absolute Gasteiger partial charge is 0.261 e. The van der Waals surface area contributed by atoms with E-state index in [-0.39, 0.29) is 6.04 Å². The van der Waals surface area contributed by atoms with Crippen LogP contribution in [0.4, 0.5) is 0 Å². The lowest BCUT2D eigenvalue weighted by atomic mass is 10.2. The van der Waals surface area contributed by atoms with Crippen LogP contribution in [0.3, 0.4) is 0 Å². The summed E-state index contributed by atoms with van der Waals surface area (Å²) in [6.45, 7) is 4.09. The third kappa shape index (κ3) is 1.57. The SMILES string of the molecule is CC(C)n1nc(Cl)c2cc(C#N)ccc21. The molecule has 76 valence electrons. The normalized spacial score (nSPS) is 10.9. The quantitative estimate of drug-likeness (QED) is 0.740. The van der Waals surface area contributed by atoms with E-state index in [2.05, 4.69) is 11.2 Å². The van der Waals surface area contributed by atoms with Crippen LogP contribution in [0.25, 0.3) is 10.9 Å². The van der Waals surface area contributed by atoms with E-state index in [1.807, 2.05) is 24.6 Å². The topological polar surface area (TPSA) is 41.6 Å². The van der Waals surface area contributed by atoms with E-state index in [0.717, 1.165) is 10.9 Å².